The van der Waals surface area contributed by atoms with E-state index < -0.39 is 0 Å². The van der Waals surface area contributed by atoms with Crippen molar-refractivity contribution in [1.29, 1.82) is 0 Å². The van der Waals surface area contributed by atoms with Crippen molar-refractivity contribution in [1.82, 2.24) is 5.32 Å². The molecule has 1 aliphatic heterocycles. The Bertz CT molecular complexity index is 700. The van der Waals surface area contributed by atoms with Crippen LogP contribution in [0.25, 0.3) is 0 Å². The normalized spacial score (nSPS) is 17.1. The number of aromatic hydroxyl groups is 1. The van der Waals surface area contributed by atoms with Crippen LogP contribution in [0.5, 0.6) is 11.5 Å². The lowest BCUT2D eigenvalue weighted by Crippen LogP contribution is -2.44. The molecule has 0 saturated heterocycles. The predicted octanol–water partition coefficient (Wildman–Crippen LogP) is 2.28. The van der Waals surface area contributed by atoms with Crippen molar-refractivity contribution >= 4 is 11.6 Å². The Morgan fingerprint density at radius 2 is 2.00 bits per heavy atom. The second-order valence-electron chi connectivity index (χ2n) is 4.94. The molecule has 2 aromatic rings. The summed E-state index contributed by atoms with van der Waals surface area (Å²) in [4.78, 5) is 14.2. The van der Waals surface area contributed by atoms with E-state index in [1.807, 2.05) is 36.2 Å². The summed E-state index contributed by atoms with van der Waals surface area (Å²) in [5, 5.41) is 12.9. The van der Waals surface area contributed by atoms with Crippen LogP contribution in [0, 0.1) is 0 Å². The highest BCUT2D eigenvalue weighted by molar-refractivity contribution is 6.02. The van der Waals surface area contributed by atoms with E-state index in [9.17, 15) is 9.90 Å². The van der Waals surface area contributed by atoms with Crippen molar-refractivity contribution in [2.75, 3.05) is 19.1 Å². The number of ether oxygens (including phenoxy) is 1. The summed E-state index contributed by atoms with van der Waals surface area (Å²) in [6, 6.07) is 12.6. The number of anilines is 1. The SMILES string of the molecule is COc1ccc(C2NC(=O)c3ccccc3N2C)cc1O. The molecule has 5 nitrogen and oxygen atoms in total. The number of hydrogen-bond acceptors (Lipinski definition) is 4. The Balaban J connectivity index is 2.01. The number of nitrogens with zero attached hydrogens (tertiary/aromatic N) is 1. The standard InChI is InChI=1S/C16H16N2O3/c1-18-12-6-4-3-5-11(12)16(20)17-15(18)10-7-8-14(21-2)13(19)9-10/h3-9,15,19H,1-2H3,(H,17,20). The first-order chi connectivity index (χ1) is 10.1. The number of methoxy groups -OCH3 is 1. The van der Waals surface area contributed by atoms with Gasteiger partial charge in [-0.05, 0) is 29.8 Å². The van der Waals surface area contributed by atoms with Gasteiger partial charge in [-0.15, -0.1) is 0 Å². The molecule has 0 aliphatic carbocycles. The molecule has 108 valence electrons. The zero-order valence-corrected chi connectivity index (χ0v) is 11.8. The van der Waals surface area contributed by atoms with E-state index in [0.717, 1.165) is 11.3 Å². The van der Waals surface area contributed by atoms with Crippen LogP contribution in [0.4, 0.5) is 5.69 Å². The first kappa shape index (κ1) is 13.3. The molecule has 2 aromatic carbocycles. The number of hydrogen-bond donors (Lipinski definition) is 2. The molecule has 1 unspecified atom stereocenters. The summed E-state index contributed by atoms with van der Waals surface area (Å²) in [5.41, 5.74) is 2.30. The fraction of sp³-hybridized carbons (Fsp3) is 0.188. The molecule has 0 fully saturated rings. The Kier molecular flexibility index (Phi) is 3.17. The van der Waals surface area contributed by atoms with E-state index in [2.05, 4.69) is 5.32 Å². The van der Waals surface area contributed by atoms with Gasteiger partial charge in [0.2, 0.25) is 0 Å². The minimum absolute atomic E-state index is 0.0523. The first-order valence-electron chi connectivity index (χ1n) is 6.61. The maximum Gasteiger partial charge on any atom is 0.255 e. The number of phenolic OH excluding ortho intramolecular Hbond substituents is 1. The average molecular weight is 284 g/mol. The minimum atomic E-state index is -0.329. The number of benzene rings is 2. The highest BCUT2D eigenvalue weighted by Gasteiger charge is 2.29. The molecule has 1 heterocycles. The van der Waals surface area contributed by atoms with Gasteiger partial charge in [-0.25, -0.2) is 0 Å². The van der Waals surface area contributed by atoms with E-state index in [0.29, 0.717) is 11.3 Å². The quantitative estimate of drug-likeness (QED) is 0.888. The second-order valence-corrected chi connectivity index (χ2v) is 4.94. The third-order valence-electron chi connectivity index (χ3n) is 3.70. The largest absolute Gasteiger partial charge is 0.504 e. The molecule has 2 N–H and O–H groups in total. The third-order valence-corrected chi connectivity index (χ3v) is 3.70. The van der Waals surface area contributed by atoms with Crippen molar-refractivity contribution in [3.05, 3.63) is 53.6 Å². The molecule has 0 spiro atoms. The molecule has 0 radical (unpaired) electrons. The predicted molar refractivity (Wildman–Crippen MR) is 79.7 cm³/mol. The Morgan fingerprint density at radius 1 is 1.24 bits per heavy atom. The van der Waals surface area contributed by atoms with Crippen molar-refractivity contribution in [2.45, 2.75) is 6.17 Å². The molecule has 0 bridgehead atoms. The van der Waals surface area contributed by atoms with Crippen molar-refractivity contribution in [3.63, 3.8) is 0 Å². The van der Waals surface area contributed by atoms with Crippen LogP contribution >= 0.6 is 0 Å². The van der Waals surface area contributed by atoms with E-state index >= 15 is 0 Å². The van der Waals surface area contributed by atoms with Gasteiger partial charge in [0.1, 0.15) is 6.17 Å². The van der Waals surface area contributed by atoms with Crippen LogP contribution in [0.15, 0.2) is 42.5 Å². The van der Waals surface area contributed by atoms with E-state index in [-0.39, 0.29) is 17.8 Å². The fourth-order valence-corrected chi connectivity index (χ4v) is 2.60. The van der Waals surface area contributed by atoms with Crippen molar-refractivity contribution < 1.29 is 14.6 Å². The van der Waals surface area contributed by atoms with E-state index in [1.54, 1.807) is 18.2 Å². The Morgan fingerprint density at radius 3 is 2.71 bits per heavy atom. The summed E-state index contributed by atoms with van der Waals surface area (Å²) in [6.45, 7) is 0. The monoisotopic (exact) mass is 284 g/mol. The average Bonchev–Trinajstić information content (AvgIpc) is 2.51. The Labute approximate surface area is 122 Å². The molecule has 5 heteroatoms. The number of carbonyl (C=O) groups excluding carboxylic acids is 1. The van der Waals surface area contributed by atoms with Crippen LogP contribution in [-0.4, -0.2) is 25.2 Å². The number of carbonyl (C=O) groups is 1. The van der Waals surface area contributed by atoms with Crippen LogP contribution in [-0.2, 0) is 0 Å². The molecular weight excluding hydrogens is 268 g/mol. The summed E-state index contributed by atoms with van der Waals surface area (Å²) < 4.78 is 5.04. The molecule has 1 aliphatic rings. The van der Waals surface area contributed by atoms with E-state index in [4.69, 9.17) is 4.74 Å². The van der Waals surface area contributed by atoms with Crippen LogP contribution in [0.2, 0.25) is 0 Å². The van der Waals surface area contributed by atoms with Gasteiger partial charge < -0.3 is 20.1 Å². The molecule has 0 saturated carbocycles. The van der Waals surface area contributed by atoms with Gasteiger partial charge in [-0.2, -0.15) is 0 Å². The fourth-order valence-electron chi connectivity index (χ4n) is 2.60. The highest BCUT2D eigenvalue weighted by Crippen LogP contribution is 2.34. The van der Waals surface area contributed by atoms with Crippen LogP contribution in [0.1, 0.15) is 22.1 Å². The summed E-state index contributed by atoms with van der Waals surface area (Å²) in [6.07, 6.45) is -0.329. The number of fused-ring (bicyclic) bond motifs is 1. The molecule has 21 heavy (non-hydrogen) atoms. The van der Waals surface area contributed by atoms with Crippen LogP contribution in [0.3, 0.4) is 0 Å². The van der Waals surface area contributed by atoms with Gasteiger partial charge in [-0.1, -0.05) is 18.2 Å². The smallest absolute Gasteiger partial charge is 0.255 e. The van der Waals surface area contributed by atoms with Crippen molar-refractivity contribution in [2.24, 2.45) is 0 Å². The maximum absolute atomic E-state index is 12.2. The second kappa shape index (κ2) is 5.01. The number of para-hydroxylation sites is 1. The van der Waals surface area contributed by atoms with Gasteiger partial charge >= 0.3 is 0 Å². The summed E-state index contributed by atoms with van der Waals surface area (Å²) in [7, 11) is 3.41. The highest BCUT2D eigenvalue weighted by atomic mass is 16.5. The molecule has 1 amide bonds. The lowest BCUT2D eigenvalue weighted by atomic mass is 10.0. The third kappa shape index (κ3) is 2.16. The molecule has 3 rings (SSSR count). The van der Waals surface area contributed by atoms with Gasteiger partial charge in [0, 0.05) is 7.05 Å². The number of rotatable bonds is 2. The van der Waals surface area contributed by atoms with Gasteiger partial charge in [0.05, 0.1) is 18.4 Å². The molecule has 1 atom stereocenters. The van der Waals surface area contributed by atoms with E-state index in [1.165, 1.54) is 7.11 Å². The minimum Gasteiger partial charge on any atom is -0.504 e. The van der Waals surface area contributed by atoms with Crippen LogP contribution < -0.4 is 15.0 Å². The van der Waals surface area contributed by atoms with Gasteiger partial charge in [0.25, 0.3) is 5.91 Å². The summed E-state index contributed by atoms with van der Waals surface area (Å²) in [5.74, 6) is 0.337. The molecule has 0 aromatic heterocycles. The zero-order chi connectivity index (χ0) is 15.0. The lowest BCUT2D eigenvalue weighted by molar-refractivity contribution is 0.0928. The van der Waals surface area contributed by atoms with Gasteiger partial charge in [0.15, 0.2) is 11.5 Å². The van der Waals surface area contributed by atoms with Gasteiger partial charge in [-0.3, -0.25) is 4.79 Å². The summed E-state index contributed by atoms with van der Waals surface area (Å²) >= 11 is 0. The zero-order valence-electron chi connectivity index (χ0n) is 11.8. The number of nitrogens with one attached hydrogen (secondary N) is 1. The topological polar surface area (TPSA) is 61.8 Å². The number of phenols is 1. The van der Waals surface area contributed by atoms with Crippen molar-refractivity contribution in [3.8, 4) is 11.5 Å². The maximum atomic E-state index is 12.2. The first-order valence-corrected chi connectivity index (χ1v) is 6.61. The lowest BCUT2D eigenvalue weighted by Gasteiger charge is -2.36. The molecular formula is C16H16N2O3. The number of amides is 1. The Hall–Kier alpha value is -2.69.